The van der Waals surface area contributed by atoms with Gasteiger partial charge < -0.3 is 9.64 Å². The molecule has 118 valence electrons. The van der Waals surface area contributed by atoms with Crippen LogP contribution in [-0.4, -0.2) is 35.0 Å². The third-order valence-electron chi connectivity index (χ3n) is 4.30. The molecule has 1 aromatic heterocycles. The molecule has 0 radical (unpaired) electrons. The Bertz CT molecular complexity index is 664. The molecule has 0 bridgehead atoms. The zero-order valence-corrected chi connectivity index (χ0v) is 13.2. The lowest BCUT2D eigenvalue weighted by atomic mass is 10.00. The molecule has 5 nitrogen and oxygen atoms in total. The van der Waals surface area contributed by atoms with Crippen molar-refractivity contribution in [3.8, 4) is 0 Å². The fraction of sp³-hybridized carbons (Fsp3) is 0.500. The number of hydrogen-bond donors (Lipinski definition) is 0. The van der Waals surface area contributed by atoms with Gasteiger partial charge in [-0.1, -0.05) is 0 Å². The monoisotopic (exact) mass is 304 g/mol. The molecule has 0 atom stereocenters. The van der Waals surface area contributed by atoms with Crippen LogP contribution in [0.15, 0.2) is 18.2 Å². The predicted octanol–water partition coefficient (Wildman–Crippen LogP) is 2.92. The Morgan fingerprint density at radius 3 is 2.68 bits per heavy atom. The standard InChI is InChI=1S/C16H21FN4O/c1-11-10-13(4-5-14(11)17)20(2)16-19-18-15(21(16)3)12-6-8-22-9-7-12/h4-5,10,12H,6-9H2,1-3H3. The quantitative estimate of drug-likeness (QED) is 0.874. The number of halogens is 1. The van der Waals surface area contributed by atoms with Gasteiger partial charge in [-0.2, -0.15) is 0 Å². The number of benzene rings is 1. The molecule has 1 aliphatic rings. The Hall–Kier alpha value is -1.95. The lowest BCUT2D eigenvalue weighted by molar-refractivity contribution is 0.0830. The highest BCUT2D eigenvalue weighted by Gasteiger charge is 2.23. The van der Waals surface area contributed by atoms with Gasteiger partial charge in [-0.05, 0) is 43.5 Å². The van der Waals surface area contributed by atoms with Crippen LogP contribution in [0.3, 0.4) is 0 Å². The normalized spacial score (nSPS) is 16.0. The molecule has 3 rings (SSSR count). The van der Waals surface area contributed by atoms with E-state index in [1.165, 1.54) is 6.07 Å². The Balaban J connectivity index is 1.88. The molecule has 2 heterocycles. The molecule has 6 heteroatoms. The van der Waals surface area contributed by atoms with E-state index >= 15 is 0 Å². The summed E-state index contributed by atoms with van der Waals surface area (Å²) in [4.78, 5) is 1.93. The number of ether oxygens (including phenoxy) is 1. The highest BCUT2D eigenvalue weighted by atomic mass is 19.1. The summed E-state index contributed by atoms with van der Waals surface area (Å²) in [7, 11) is 3.90. The molecule has 22 heavy (non-hydrogen) atoms. The van der Waals surface area contributed by atoms with Crippen molar-refractivity contribution >= 4 is 11.6 Å². The van der Waals surface area contributed by atoms with Gasteiger partial charge in [0.15, 0.2) is 0 Å². The van der Waals surface area contributed by atoms with Crippen molar-refractivity contribution in [1.82, 2.24) is 14.8 Å². The lowest BCUT2D eigenvalue weighted by Gasteiger charge is -2.22. The van der Waals surface area contributed by atoms with E-state index in [9.17, 15) is 4.39 Å². The van der Waals surface area contributed by atoms with E-state index in [1.54, 1.807) is 13.0 Å². The van der Waals surface area contributed by atoms with Crippen LogP contribution in [0.2, 0.25) is 0 Å². The van der Waals surface area contributed by atoms with Crippen molar-refractivity contribution in [3.05, 3.63) is 35.4 Å². The van der Waals surface area contributed by atoms with Gasteiger partial charge in [-0.3, -0.25) is 4.57 Å². The fourth-order valence-corrected chi connectivity index (χ4v) is 2.89. The van der Waals surface area contributed by atoms with Gasteiger partial charge >= 0.3 is 0 Å². The minimum Gasteiger partial charge on any atom is -0.381 e. The van der Waals surface area contributed by atoms with Gasteiger partial charge in [0.1, 0.15) is 11.6 Å². The Morgan fingerprint density at radius 1 is 1.27 bits per heavy atom. The molecular formula is C16H21FN4O. The summed E-state index contributed by atoms with van der Waals surface area (Å²) in [5, 5.41) is 8.69. The van der Waals surface area contributed by atoms with E-state index in [4.69, 9.17) is 4.74 Å². The summed E-state index contributed by atoms with van der Waals surface area (Å²) >= 11 is 0. The average molecular weight is 304 g/mol. The van der Waals surface area contributed by atoms with E-state index in [0.29, 0.717) is 11.5 Å². The Morgan fingerprint density at radius 2 is 2.00 bits per heavy atom. The van der Waals surface area contributed by atoms with Crippen LogP contribution >= 0.6 is 0 Å². The number of aryl methyl sites for hydroxylation is 1. The first kappa shape index (κ1) is 15.0. The first-order valence-electron chi connectivity index (χ1n) is 7.55. The van der Waals surface area contributed by atoms with Crippen LogP contribution in [0.4, 0.5) is 16.0 Å². The number of hydrogen-bond acceptors (Lipinski definition) is 4. The number of aromatic nitrogens is 3. The zero-order chi connectivity index (χ0) is 15.7. The first-order valence-corrected chi connectivity index (χ1v) is 7.55. The second kappa shape index (κ2) is 6.04. The molecule has 1 aliphatic heterocycles. The molecule has 1 fully saturated rings. The van der Waals surface area contributed by atoms with Gasteiger partial charge in [-0.15, -0.1) is 10.2 Å². The van der Waals surface area contributed by atoms with Gasteiger partial charge in [0.05, 0.1) is 0 Å². The number of rotatable bonds is 3. The van der Waals surface area contributed by atoms with Gasteiger partial charge in [0.25, 0.3) is 0 Å². The second-order valence-electron chi connectivity index (χ2n) is 5.80. The van der Waals surface area contributed by atoms with Gasteiger partial charge in [-0.25, -0.2) is 4.39 Å². The summed E-state index contributed by atoms with van der Waals surface area (Å²) in [6.07, 6.45) is 1.96. The van der Waals surface area contributed by atoms with E-state index < -0.39 is 0 Å². The maximum Gasteiger partial charge on any atom is 0.231 e. The minimum atomic E-state index is -0.196. The molecule has 0 unspecified atom stereocenters. The first-order chi connectivity index (χ1) is 10.6. The van der Waals surface area contributed by atoms with Crippen molar-refractivity contribution in [2.24, 2.45) is 7.05 Å². The average Bonchev–Trinajstić information content (AvgIpc) is 2.92. The minimum absolute atomic E-state index is 0.196. The van der Waals surface area contributed by atoms with Crippen LogP contribution in [-0.2, 0) is 11.8 Å². The van der Waals surface area contributed by atoms with E-state index in [2.05, 4.69) is 10.2 Å². The van der Waals surface area contributed by atoms with Crippen molar-refractivity contribution in [2.45, 2.75) is 25.7 Å². The van der Waals surface area contributed by atoms with Crippen LogP contribution in [0, 0.1) is 12.7 Å². The van der Waals surface area contributed by atoms with Crippen LogP contribution in [0.5, 0.6) is 0 Å². The van der Waals surface area contributed by atoms with Crippen molar-refractivity contribution < 1.29 is 9.13 Å². The lowest BCUT2D eigenvalue weighted by Crippen LogP contribution is -2.19. The topological polar surface area (TPSA) is 43.2 Å². The summed E-state index contributed by atoms with van der Waals surface area (Å²) in [5.41, 5.74) is 1.52. The highest BCUT2D eigenvalue weighted by Crippen LogP contribution is 2.29. The Kier molecular flexibility index (Phi) is 4.11. The third kappa shape index (κ3) is 2.70. The molecule has 1 saturated heterocycles. The molecule has 2 aromatic rings. The molecule has 0 spiro atoms. The van der Waals surface area contributed by atoms with Crippen LogP contribution in [0.1, 0.15) is 30.1 Å². The van der Waals surface area contributed by atoms with Crippen molar-refractivity contribution in [1.29, 1.82) is 0 Å². The van der Waals surface area contributed by atoms with Gasteiger partial charge in [0, 0.05) is 38.9 Å². The summed E-state index contributed by atoms with van der Waals surface area (Å²) in [5.74, 6) is 1.94. The SMILES string of the molecule is Cc1cc(N(C)c2nnc(C3CCOCC3)n2C)ccc1F. The Labute approximate surface area is 129 Å². The predicted molar refractivity (Wildman–Crippen MR) is 83.0 cm³/mol. The second-order valence-corrected chi connectivity index (χ2v) is 5.80. The maximum atomic E-state index is 13.4. The number of nitrogens with zero attached hydrogens (tertiary/aromatic N) is 4. The van der Waals surface area contributed by atoms with E-state index in [1.807, 2.05) is 29.6 Å². The molecule has 1 aromatic carbocycles. The van der Waals surface area contributed by atoms with Crippen LogP contribution < -0.4 is 4.90 Å². The summed E-state index contributed by atoms with van der Waals surface area (Å²) in [6, 6.07) is 5.06. The molecule has 0 saturated carbocycles. The maximum absolute atomic E-state index is 13.4. The zero-order valence-electron chi connectivity index (χ0n) is 13.2. The van der Waals surface area contributed by atoms with Crippen molar-refractivity contribution in [3.63, 3.8) is 0 Å². The van der Waals surface area contributed by atoms with E-state index in [-0.39, 0.29) is 5.82 Å². The largest absolute Gasteiger partial charge is 0.381 e. The van der Waals surface area contributed by atoms with Crippen LogP contribution in [0.25, 0.3) is 0 Å². The highest BCUT2D eigenvalue weighted by molar-refractivity contribution is 5.57. The summed E-state index contributed by atoms with van der Waals surface area (Å²) < 4.78 is 20.9. The molecule has 0 aliphatic carbocycles. The number of anilines is 2. The van der Waals surface area contributed by atoms with Gasteiger partial charge in [0.2, 0.25) is 5.95 Å². The third-order valence-corrected chi connectivity index (χ3v) is 4.30. The summed E-state index contributed by atoms with van der Waals surface area (Å²) in [6.45, 7) is 3.32. The smallest absolute Gasteiger partial charge is 0.231 e. The molecule has 0 amide bonds. The van der Waals surface area contributed by atoms with E-state index in [0.717, 1.165) is 43.5 Å². The molecular weight excluding hydrogens is 283 g/mol. The fourth-order valence-electron chi connectivity index (χ4n) is 2.89. The molecule has 0 N–H and O–H groups in total. The van der Waals surface area contributed by atoms with Crippen molar-refractivity contribution in [2.75, 3.05) is 25.2 Å².